The first-order valence-corrected chi connectivity index (χ1v) is 6.64. The van der Waals surface area contributed by atoms with Crippen LogP contribution in [0.25, 0.3) is 0 Å². The summed E-state index contributed by atoms with van der Waals surface area (Å²) < 4.78 is 11.6. The number of nitrogen functional groups attached to an aromatic ring is 2. The van der Waals surface area contributed by atoms with Crippen LogP contribution in [0.5, 0.6) is 11.5 Å². The first-order chi connectivity index (χ1) is 9.60. The van der Waals surface area contributed by atoms with E-state index in [2.05, 4.69) is 0 Å². The molecule has 0 aromatic heterocycles. The molecule has 2 rings (SSSR count). The largest absolute Gasteiger partial charge is 0.455 e. The highest BCUT2D eigenvalue weighted by molar-refractivity contribution is 5.52. The van der Waals surface area contributed by atoms with Gasteiger partial charge in [-0.2, -0.15) is 0 Å². The standard InChI is InChI=1S/C16H20N2O2/c1-3-16(20-15-7-5-4-6-14(15)18)19-12-8-9-13(17)11(2)10-12/h4-10,16H,3,17-18H2,1-2H3. The topological polar surface area (TPSA) is 70.5 Å². The van der Waals surface area contributed by atoms with Crippen LogP contribution in [0.3, 0.4) is 0 Å². The van der Waals surface area contributed by atoms with Gasteiger partial charge in [0, 0.05) is 12.1 Å². The summed E-state index contributed by atoms with van der Waals surface area (Å²) in [6, 6.07) is 12.9. The molecule has 2 aromatic carbocycles. The van der Waals surface area contributed by atoms with Gasteiger partial charge in [-0.05, 0) is 42.8 Å². The van der Waals surface area contributed by atoms with Crippen LogP contribution >= 0.6 is 0 Å². The molecule has 2 aromatic rings. The van der Waals surface area contributed by atoms with Gasteiger partial charge in [0.1, 0.15) is 11.5 Å². The van der Waals surface area contributed by atoms with E-state index >= 15 is 0 Å². The van der Waals surface area contributed by atoms with Gasteiger partial charge in [0.2, 0.25) is 6.29 Å². The number of hydrogen-bond acceptors (Lipinski definition) is 4. The van der Waals surface area contributed by atoms with Crippen molar-refractivity contribution in [2.45, 2.75) is 26.6 Å². The molecule has 0 aliphatic carbocycles. The summed E-state index contributed by atoms with van der Waals surface area (Å²) in [5.41, 5.74) is 14.0. The Bertz CT molecular complexity index is 584. The maximum absolute atomic E-state index is 5.86. The number of para-hydroxylation sites is 2. The van der Waals surface area contributed by atoms with Crippen LogP contribution in [0.15, 0.2) is 42.5 Å². The first-order valence-electron chi connectivity index (χ1n) is 6.64. The zero-order chi connectivity index (χ0) is 14.5. The molecule has 0 heterocycles. The minimum Gasteiger partial charge on any atom is -0.455 e. The van der Waals surface area contributed by atoms with Gasteiger partial charge in [-0.25, -0.2) is 0 Å². The van der Waals surface area contributed by atoms with Gasteiger partial charge in [0.15, 0.2) is 0 Å². The molecule has 0 spiro atoms. The van der Waals surface area contributed by atoms with Gasteiger partial charge in [-0.1, -0.05) is 19.1 Å². The molecular formula is C16H20N2O2. The molecule has 0 aliphatic heterocycles. The Morgan fingerprint density at radius 3 is 2.40 bits per heavy atom. The summed E-state index contributed by atoms with van der Waals surface area (Å²) in [6.45, 7) is 3.94. The number of benzene rings is 2. The lowest BCUT2D eigenvalue weighted by Gasteiger charge is -2.20. The normalized spacial score (nSPS) is 11.9. The lowest BCUT2D eigenvalue weighted by atomic mass is 10.2. The zero-order valence-corrected chi connectivity index (χ0v) is 11.8. The third-order valence-electron chi connectivity index (χ3n) is 3.02. The fraction of sp³-hybridized carbons (Fsp3) is 0.250. The van der Waals surface area contributed by atoms with Crippen molar-refractivity contribution in [1.29, 1.82) is 0 Å². The summed E-state index contributed by atoms with van der Waals surface area (Å²) >= 11 is 0. The van der Waals surface area contributed by atoms with Crippen molar-refractivity contribution in [3.63, 3.8) is 0 Å². The van der Waals surface area contributed by atoms with E-state index < -0.39 is 0 Å². The number of ether oxygens (including phenoxy) is 2. The highest BCUT2D eigenvalue weighted by Gasteiger charge is 2.12. The zero-order valence-electron chi connectivity index (χ0n) is 11.8. The van der Waals surface area contributed by atoms with E-state index in [4.69, 9.17) is 20.9 Å². The summed E-state index contributed by atoms with van der Waals surface area (Å²) in [5, 5.41) is 0. The van der Waals surface area contributed by atoms with Crippen LogP contribution in [0, 0.1) is 6.92 Å². The third kappa shape index (κ3) is 3.35. The van der Waals surface area contributed by atoms with Crippen molar-refractivity contribution in [2.75, 3.05) is 11.5 Å². The van der Waals surface area contributed by atoms with E-state index in [0.717, 1.165) is 17.0 Å². The molecule has 1 unspecified atom stereocenters. The first kappa shape index (κ1) is 14.1. The smallest absolute Gasteiger partial charge is 0.241 e. The molecule has 0 radical (unpaired) electrons. The molecular weight excluding hydrogens is 252 g/mol. The highest BCUT2D eigenvalue weighted by atomic mass is 16.7. The predicted molar refractivity (Wildman–Crippen MR) is 81.8 cm³/mol. The van der Waals surface area contributed by atoms with Crippen LogP contribution in [0.4, 0.5) is 11.4 Å². The fourth-order valence-corrected chi connectivity index (χ4v) is 1.79. The third-order valence-corrected chi connectivity index (χ3v) is 3.02. The fourth-order valence-electron chi connectivity index (χ4n) is 1.79. The van der Waals surface area contributed by atoms with Gasteiger partial charge in [0.05, 0.1) is 5.69 Å². The van der Waals surface area contributed by atoms with Crippen molar-refractivity contribution in [3.8, 4) is 11.5 Å². The van der Waals surface area contributed by atoms with Crippen molar-refractivity contribution >= 4 is 11.4 Å². The van der Waals surface area contributed by atoms with Crippen molar-refractivity contribution in [1.82, 2.24) is 0 Å². The van der Waals surface area contributed by atoms with Crippen LogP contribution < -0.4 is 20.9 Å². The Morgan fingerprint density at radius 1 is 1.00 bits per heavy atom. The van der Waals surface area contributed by atoms with E-state index in [-0.39, 0.29) is 6.29 Å². The molecule has 4 nitrogen and oxygen atoms in total. The second kappa shape index (κ2) is 6.19. The van der Waals surface area contributed by atoms with Gasteiger partial charge >= 0.3 is 0 Å². The molecule has 4 heteroatoms. The van der Waals surface area contributed by atoms with Crippen molar-refractivity contribution < 1.29 is 9.47 Å². The summed E-state index contributed by atoms with van der Waals surface area (Å²) in [7, 11) is 0. The molecule has 106 valence electrons. The lowest BCUT2D eigenvalue weighted by molar-refractivity contribution is 0.00386. The number of aryl methyl sites for hydroxylation is 1. The average molecular weight is 272 g/mol. The van der Waals surface area contributed by atoms with Crippen LogP contribution in [0.2, 0.25) is 0 Å². The van der Waals surface area contributed by atoms with Crippen LogP contribution in [-0.2, 0) is 0 Å². The van der Waals surface area contributed by atoms with Crippen molar-refractivity contribution in [3.05, 3.63) is 48.0 Å². The van der Waals surface area contributed by atoms with E-state index in [1.165, 1.54) is 0 Å². The molecule has 0 saturated carbocycles. The number of hydrogen-bond donors (Lipinski definition) is 2. The number of rotatable bonds is 5. The van der Waals surface area contributed by atoms with E-state index in [9.17, 15) is 0 Å². The van der Waals surface area contributed by atoms with Gasteiger partial charge in [-0.15, -0.1) is 0 Å². The molecule has 20 heavy (non-hydrogen) atoms. The molecule has 0 fully saturated rings. The summed E-state index contributed by atoms with van der Waals surface area (Å²) in [6.07, 6.45) is 0.320. The molecule has 1 atom stereocenters. The number of nitrogens with two attached hydrogens (primary N) is 2. The quantitative estimate of drug-likeness (QED) is 0.647. The maximum atomic E-state index is 5.86. The SMILES string of the molecule is CCC(Oc1ccc(N)c(C)c1)Oc1ccccc1N. The average Bonchev–Trinajstić information content (AvgIpc) is 2.44. The van der Waals surface area contributed by atoms with E-state index in [1.807, 2.05) is 50.2 Å². The Morgan fingerprint density at radius 2 is 1.75 bits per heavy atom. The monoisotopic (exact) mass is 272 g/mol. The highest BCUT2D eigenvalue weighted by Crippen LogP contribution is 2.24. The summed E-state index contributed by atoms with van der Waals surface area (Å²) in [4.78, 5) is 0. The second-order valence-corrected chi connectivity index (χ2v) is 4.63. The van der Waals surface area contributed by atoms with Gasteiger partial charge in [0.25, 0.3) is 0 Å². The van der Waals surface area contributed by atoms with Gasteiger partial charge in [-0.3, -0.25) is 0 Å². The maximum Gasteiger partial charge on any atom is 0.241 e. The Hall–Kier alpha value is -2.36. The lowest BCUT2D eigenvalue weighted by Crippen LogP contribution is -2.23. The molecule has 0 amide bonds. The predicted octanol–water partition coefficient (Wildman–Crippen LogP) is 3.35. The number of anilines is 2. The minimum atomic E-state index is -0.386. The summed E-state index contributed by atoms with van der Waals surface area (Å²) in [5.74, 6) is 1.37. The van der Waals surface area contributed by atoms with Gasteiger partial charge < -0.3 is 20.9 Å². The molecule has 0 aliphatic rings. The Kier molecular flexibility index (Phi) is 4.35. The Balaban J connectivity index is 2.09. The van der Waals surface area contributed by atoms with Crippen LogP contribution in [-0.4, -0.2) is 6.29 Å². The molecule has 0 bridgehead atoms. The molecule has 4 N–H and O–H groups in total. The van der Waals surface area contributed by atoms with Crippen LogP contribution in [0.1, 0.15) is 18.9 Å². The van der Waals surface area contributed by atoms with E-state index in [1.54, 1.807) is 6.07 Å². The van der Waals surface area contributed by atoms with E-state index in [0.29, 0.717) is 17.9 Å². The van der Waals surface area contributed by atoms with Crippen molar-refractivity contribution in [2.24, 2.45) is 0 Å². The Labute approximate surface area is 119 Å². The second-order valence-electron chi connectivity index (χ2n) is 4.63. The minimum absolute atomic E-state index is 0.386. The molecule has 0 saturated heterocycles.